The fourth-order valence-corrected chi connectivity index (χ4v) is 2.94. The molecule has 1 aliphatic rings. The summed E-state index contributed by atoms with van der Waals surface area (Å²) in [4.78, 5) is 7.63. The van der Waals surface area contributed by atoms with E-state index in [1.54, 1.807) is 0 Å². The van der Waals surface area contributed by atoms with Gasteiger partial charge in [0.05, 0.1) is 6.04 Å². The molecule has 1 saturated carbocycles. The zero-order valence-electron chi connectivity index (χ0n) is 10.5. The van der Waals surface area contributed by atoms with E-state index in [0.717, 1.165) is 23.6 Å². The summed E-state index contributed by atoms with van der Waals surface area (Å²) in [6.45, 7) is 4.76. The highest BCUT2D eigenvalue weighted by Crippen LogP contribution is 2.38. The van der Waals surface area contributed by atoms with Gasteiger partial charge in [0.15, 0.2) is 0 Å². The van der Waals surface area contributed by atoms with Crippen molar-refractivity contribution < 1.29 is 0 Å². The molecule has 90 valence electrons. The van der Waals surface area contributed by atoms with Crippen LogP contribution in [0.15, 0.2) is 12.4 Å². The van der Waals surface area contributed by atoms with E-state index < -0.39 is 0 Å². The normalized spacial score (nSPS) is 32.6. The number of rotatable bonds is 3. The summed E-state index contributed by atoms with van der Waals surface area (Å²) in [6.07, 6.45) is 7.74. The first-order valence-electron chi connectivity index (χ1n) is 6.39. The molecule has 3 heteroatoms. The van der Waals surface area contributed by atoms with Gasteiger partial charge in [-0.15, -0.1) is 0 Å². The zero-order valence-corrected chi connectivity index (χ0v) is 10.5. The lowest BCUT2D eigenvalue weighted by Crippen LogP contribution is -2.32. The minimum Gasteiger partial charge on any atom is -0.347 e. The van der Waals surface area contributed by atoms with Crippen LogP contribution in [-0.2, 0) is 0 Å². The van der Waals surface area contributed by atoms with Crippen LogP contribution in [0.4, 0.5) is 0 Å². The maximum absolute atomic E-state index is 4.39. The van der Waals surface area contributed by atoms with Gasteiger partial charge in [-0.05, 0) is 37.6 Å². The topological polar surface area (TPSA) is 40.7 Å². The van der Waals surface area contributed by atoms with Gasteiger partial charge in [-0.25, -0.2) is 4.98 Å². The molecule has 0 radical (unpaired) electrons. The first-order chi connectivity index (χ1) is 7.72. The van der Waals surface area contributed by atoms with E-state index in [1.165, 1.54) is 19.3 Å². The van der Waals surface area contributed by atoms with E-state index in [0.29, 0.717) is 6.04 Å². The quantitative estimate of drug-likeness (QED) is 0.824. The summed E-state index contributed by atoms with van der Waals surface area (Å²) in [7, 11) is 2.04. The van der Waals surface area contributed by atoms with Gasteiger partial charge < -0.3 is 10.3 Å². The van der Waals surface area contributed by atoms with E-state index >= 15 is 0 Å². The molecule has 1 aromatic heterocycles. The lowest BCUT2D eigenvalue weighted by Gasteiger charge is -2.35. The summed E-state index contributed by atoms with van der Waals surface area (Å²) in [6, 6.07) is 0.393. The Bertz CT molecular complexity index is 307. The molecule has 1 aromatic rings. The molecule has 0 amide bonds. The second-order valence-corrected chi connectivity index (χ2v) is 5.27. The number of hydrogen-bond donors (Lipinski definition) is 2. The highest BCUT2D eigenvalue weighted by Gasteiger charge is 2.31. The molecule has 0 saturated heterocycles. The van der Waals surface area contributed by atoms with Crippen molar-refractivity contribution in [3.05, 3.63) is 18.2 Å². The van der Waals surface area contributed by atoms with Gasteiger partial charge in [0.25, 0.3) is 0 Å². The van der Waals surface area contributed by atoms with Crippen LogP contribution >= 0.6 is 0 Å². The Hall–Kier alpha value is -0.830. The molecule has 2 rings (SSSR count). The molecule has 0 aromatic carbocycles. The van der Waals surface area contributed by atoms with Gasteiger partial charge in [0, 0.05) is 12.4 Å². The van der Waals surface area contributed by atoms with Gasteiger partial charge >= 0.3 is 0 Å². The molecular formula is C13H23N3. The van der Waals surface area contributed by atoms with Crippen molar-refractivity contribution in [1.29, 1.82) is 0 Å². The van der Waals surface area contributed by atoms with Crippen LogP contribution in [0.5, 0.6) is 0 Å². The number of aromatic amines is 1. The van der Waals surface area contributed by atoms with Gasteiger partial charge in [0.1, 0.15) is 5.82 Å². The first-order valence-corrected chi connectivity index (χ1v) is 6.39. The Morgan fingerprint density at radius 3 is 2.75 bits per heavy atom. The van der Waals surface area contributed by atoms with E-state index in [1.807, 2.05) is 19.4 Å². The predicted octanol–water partition coefficient (Wildman–Crippen LogP) is 2.74. The van der Waals surface area contributed by atoms with Crippen LogP contribution in [0.3, 0.4) is 0 Å². The fraction of sp³-hybridized carbons (Fsp3) is 0.769. The molecule has 0 bridgehead atoms. The lowest BCUT2D eigenvalue weighted by atomic mass is 9.73. The largest absolute Gasteiger partial charge is 0.347 e. The number of nitrogens with one attached hydrogen (secondary N) is 2. The minimum absolute atomic E-state index is 0.393. The average Bonchev–Trinajstić information content (AvgIpc) is 2.78. The molecule has 16 heavy (non-hydrogen) atoms. The summed E-state index contributed by atoms with van der Waals surface area (Å²) in [5, 5.41) is 3.42. The molecule has 1 aliphatic carbocycles. The minimum atomic E-state index is 0.393. The third-order valence-corrected chi connectivity index (χ3v) is 4.24. The third-order valence-electron chi connectivity index (χ3n) is 4.24. The molecule has 0 aliphatic heterocycles. The highest BCUT2D eigenvalue weighted by atomic mass is 15.0. The maximum atomic E-state index is 4.39. The van der Waals surface area contributed by atoms with Crippen LogP contribution in [0.1, 0.15) is 45.0 Å². The fourth-order valence-electron chi connectivity index (χ4n) is 2.94. The van der Waals surface area contributed by atoms with Crippen LogP contribution in [-0.4, -0.2) is 17.0 Å². The number of imidazole rings is 1. The first kappa shape index (κ1) is 11.6. The molecular weight excluding hydrogens is 198 g/mol. The molecule has 4 unspecified atom stereocenters. The Morgan fingerprint density at radius 1 is 1.38 bits per heavy atom. The van der Waals surface area contributed by atoms with Crippen LogP contribution < -0.4 is 5.32 Å². The second-order valence-electron chi connectivity index (χ2n) is 5.27. The van der Waals surface area contributed by atoms with E-state index in [4.69, 9.17) is 0 Å². The van der Waals surface area contributed by atoms with Gasteiger partial charge in [0.2, 0.25) is 0 Å². The number of aromatic nitrogens is 2. The van der Waals surface area contributed by atoms with E-state index in [9.17, 15) is 0 Å². The molecule has 2 N–H and O–H groups in total. The van der Waals surface area contributed by atoms with Gasteiger partial charge in [-0.3, -0.25) is 0 Å². The smallest absolute Gasteiger partial charge is 0.123 e. The SMILES string of the molecule is CNC(c1ncc[nH]1)C1CCC(C)C(C)C1. The zero-order chi connectivity index (χ0) is 11.5. The summed E-state index contributed by atoms with van der Waals surface area (Å²) in [5.41, 5.74) is 0. The summed E-state index contributed by atoms with van der Waals surface area (Å²) < 4.78 is 0. The summed E-state index contributed by atoms with van der Waals surface area (Å²) >= 11 is 0. The van der Waals surface area contributed by atoms with Crippen LogP contribution in [0.2, 0.25) is 0 Å². The van der Waals surface area contributed by atoms with Crippen molar-refractivity contribution in [3.8, 4) is 0 Å². The van der Waals surface area contributed by atoms with Crippen LogP contribution in [0.25, 0.3) is 0 Å². The Morgan fingerprint density at radius 2 is 2.19 bits per heavy atom. The molecule has 4 atom stereocenters. The lowest BCUT2D eigenvalue weighted by molar-refractivity contribution is 0.171. The van der Waals surface area contributed by atoms with Crippen molar-refractivity contribution in [2.75, 3.05) is 7.05 Å². The standard InChI is InChI=1S/C13H23N3/c1-9-4-5-11(8-10(9)2)12(14-3)13-15-6-7-16-13/h6-7,9-12,14H,4-5,8H2,1-3H3,(H,15,16). The number of hydrogen-bond acceptors (Lipinski definition) is 2. The Kier molecular flexibility index (Phi) is 3.64. The van der Waals surface area contributed by atoms with Gasteiger partial charge in [-0.1, -0.05) is 20.3 Å². The van der Waals surface area contributed by atoms with Gasteiger partial charge in [-0.2, -0.15) is 0 Å². The van der Waals surface area contributed by atoms with E-state index in [-0.39, 0.29) is 0 Å². The van der Waals surface area contributed by atoms with Crippen LogP contribution in [0, 0.1) is 17.8 Å². The Labute approximate surface area is 98.1 Å². The number of H-pyrrole nitrogens is 1. The highest BCUT2D eigenvalue weighted by molar-refractivity contribution is 4.99. The van der Waals surface area contributed by atoms with Crippen molar-refractivity contribution >= 4 is 0 Å². The van der Waals surface area contributed by atoms with Crippen molar-refractivity contribution in [2.45, 2.75) is 39.2 Å². The Balaban J connectivity index is 2.05. The second kappa shape index (κ2) is 5.00. The molecule has 1 fully saturated rings. The molecule has 3 nitrogen and oxygen atoms in total. The summed E-state index contributed by atoms with van der Waals surface area (Å²) in [5.74, 6) is 3.53. The van der Waals surface area contributed by atoms with E-state index in [2.05, 4.69) is 29.1 Å². The predicted molar refractivity (Wildman–Crippen MR) is 66.1 cm³/mol. The average molecular weight is 221 g/mol. The molecule has 1 heterocycles. The molecule has 0 spiro atoms. The third kappa shape index (κ3) is 2.29. The van der Waals surface area contributed by atoms with Crippen molar-refractivity contribution in [1.82, 2.24) is 15.3 Å². The maximum Gasteiger partial charge on any atom is 0.123 e. The van der Waals surface area contributed by atoms with Crippen molar-refractivity contribution in [3.63, 3.8) is 0 Å². The number of nitrogens with zero attached hydrogens (tertiary/aromatic N) is 1. The van der Waals surface area contributed by atoms with Crippen molar-refractivity contribution in [2.24, 2.45) is 17.8 Å². The monoisotopic (exact) mass is 221 g/mol.